The monoisotopic (exact) mass is 1430 g/mol. The fourth-order valence-electron chi connectivity index (χ4n) is 12.9. The maximum absolute atomic E-state index is 13.7. The van der Waals surface area contributed by atoms with Crippen molar-refractivity contribution in [2.45, 2.75) is 54.0 Å². The number of rotatable bonds is 11. The first-order valence-corrected chi connectivity index (χ1v) is 31.2. The topological polar surface area (TPSA) is 205 Å². The molecule has 96 heavy (non-hydrogen) atoms. The number of carbonyl (C=O) groups is 1. The van der Waals surface area contributed by atoms with E-state index in [0.29, 0.717) is 53.0 Å². The number of methoxy groups -OCH3 is 3. The summed E-state index contributed by atoms with van der Waals surface area (Å²) < 4.78 is 172. The number of amides is 1. The van der Waals surface area contributed by atoms with Crippen molar-refractivity contribution >= 4 is 75.2 Å². The quantitative estimate of drug-likeness (QED) is 0.0308. The molecule has 3 saturated heterocycles. The molecule has 1 amide bonds. The maximum atomic E-state index is 13.7. The summed E-state index contributed by atoms with van der Waals surface area (Å²) >= 11 is 20.5. The number of piperidine rings is 3. The van der Waals surface area contributed by atoms with E-state index in [1.807, 2.05) is 18.4 Å². The molecular formula is C61H54Cl3F12N15O4S. The van der Waals surface area contributed by atoms with E-state index in [2.05, 4.69) is 46.1 Å². The normalized spacial score (nSPS) is 22.1. The Balaban J connectivity index is 0.000000139. The van der Waals surface area contributed by atoms with E-state index in [-0.39, 0.29) is 68.9 Å². The summed E-state index contributed by atoms with van der Waals surface area (Å²) in [5, 5.41) is 16.7. The fraction of sp³-hybridized carbons (Fsp3) is 0.361. The van der Waals surface area contributed by atoms with Gasteiger partial charge in [-0.1, -0.05) is 64.8 Å². The Labute approximate surface area is 557 Å². The predicted octanol–water partition coefficient (Wildman–Crippen LogP) is 12.6. The van der Waals surface area contributed by atoms with Crippen LogP contribution in [0.2, 0.25) is 15.1 Å². The first kappa shape index (κ1) is 69.0. The van der Waals surface area contributed by atoms with Crippen LogP contribution in [0, 0.1) is 35.2 Å². The third kappa shape index (κ3) is 13.8. The number of carbonyl (C=O) groups excluding carboxylic acids is 1. The molecule has 19 nitrogen and oxygen atoms in total. The molecule has 3 aliphatic heterocycles. The van der Waals surface area contributed by atoms with Gasteiger partial charge in [-0.15, -0.1) is 20.4 Å². The minimum absolute atomic E-state index is 0.0272. The molecule has 3 N–H and O–H groups in total. The van der Waals surface area contributed by atoms with Crippen molar-refractivity contribution < 1.29 is 71.7 Å². The van der Waals surface area contributed by atoms with Gasteiger partial charge in [0, 0.05) is 88.8 Å². The first-order chi connectivity index (χ1) is 45.5. The van der Waals surface area contributed by atoms with E-state index in [4.69, 9.17) is 54.0 Å². The van der Waals surface area contributed by atoms with Crippen molar-refractivity contribution in [1.82, 2.24) is 54.8 Å². The molecule has 0 radical (unpaired) electrons. The molecule has 5 aromatic heterocycles. The average Bonchev–Trinajstić information content (AvgIpc) is 1.55. The highest BCUT2D eigenvalue weighted by atomic mass is 35.5. The highest BCUT2D eigenvalue weighted by molar-refractivity contribution is 8.13. The van der Waals surface area contributed by atoms with Crippen molar-refractivity contribution in [3.05, 3.63) is 170 Å². The maximum Gasteiger partial charge on any atom is 0.472 e. The van der Waals surface area contributed by atoms with Crippen molar-refractivity contribution in [3.8, 4) is 29.0 Å². The number of benzene rings is 3. The van der Waals surface area contributed by atoms with Gasteiger partial charge in [0.2, 0.25) is 41.2 Å². The average molecular weight is 1430 g/mol. The van der Waals surface area contributed by atoms with E-state index in [1.54, 1.807) is 53.1 Å². The van der Waals surface area contributed by atoms with Crippen LogP contribution in [0.25, 0.3) is 11.4 Å². The highest BCUT2D eigenvalue weighted by Gasteiger charge is 2.64. The Bertz CT molecular complexity index is 4030. The number of aromatic nitrogens is 9. The van der Waals surface area contributed by atoms with Gasteiger partial charge in [0.05, 0.1) is 57.0 Å². The van der Waals surface area contributed by atoms with Crippen LogP contribution < -0.4 is 35.3 Å². The zero-order valence-corrected chi connectivity index (χ0v) is 53.7. The summed E-state index contributed by atoms with van der Waals surface area (Å²) in [6, 6.07) is 22.9. The second-order valence-electron chi connectivity index (χ2n) is 23.2. The van der Waals surface area contributed by atoms with Crippen LogP contribution in [0.3, 0.4) is 0 Å². The third-order valence-electron chi connectivity index (χ3n) is 17.6. The Morgan fingerprint density at radius 3 is 1.26 bits per heavy atom. The molecular weight excluding hydrogens is 1370 g/mol. The number of nitrogens with two attached hydrogens (primary N) is 1. The number of thioether (sulfide) groups is 1. The van der Waals surface area contributed by atoms with Crippen LogP contribution in [0.1, 0.15) is 47.6 Å². The number of hydrogen-bond acceptors (Lipinski definition) is 16. The minimum atomic E-state index is -4.87. The van der Waals surface area contributed by atoms with E-state index < -0.39 is 47.7 Å². The van der Waals surface area contributed by atoms with Gasteiger partial charge in [-0.25, -0.2) is 39.0 Å². The SMILES string of the molecule is COc1ccc(-n2c(N3C[C@@H]4C[C@]4(c4ccc(F)cc4Cl)C3)nnc2C(F)(F)F)cn1.COc1ccc(-n2c(N3C[C@@H]4C[C@]4(c4ccc(F)cc4Cl)C3)nnc2C(F)(F)F)cn1.COc1ccc(N=C(SC)N2C[C@@H]3C[C@]3(c3ccc(F)cc3Cl)C2)cn1.NNC(=O)C(F)(F)F. The molecule has 14 rings (SSSR count). The standard InChI is InChI=1S/2C20H16ClF4N5O.C19H19ClFN3OS.C2H3F3N2O/c2*1-31-16-5-3-13(8-26-16)30-17(20(23,24)25)27-28-18(30)29-9-11-7-19(11,10-29)14-4-2-12(22)6-15(14)21;1-25-17-6-4-14(9-22-17)23-18(26-2)24-10-12-8-19(12,11-24)15-5-3-13(21)7-16(15)20;3-2(4,5)1(8)7-6/h2*2-6,8,11H,7,9-10H2,1H3;3-7,9,12H,8,10-11H2,1-2H3;6H2,(H,7,8)/t2*11-,19-;12-,19-;/m000./s1. The number of anilines is 2. The van der Waals surface area contributed by atoms with Gasteiger partial charge in [-0.3, -0.25) is 19.4 Å². The Hall–Kier alpha value is -8.33. The summed E-state index contributed by atoms with van der Waals surface area (Å²) in [4.78, 5) is 32.3. The molecule has 8 aromatic rings. The zero-order chi connectivity index (χ0) is 69.0. The van der Waals surface area contributed by atoms with E-state index >= 15 is 0 Å². The lowest BCUT2D eigenvalue weighted by Crippen LogP contribution is -2.40. The van der Waals surface area contributed by atoms with Crippen LogP contribution in [0.5, 0.6) is 17.6 Å². The second-order valence-corrected chi connectivity index (χ2v) is 25.2. The van der Waals surface area contributed by atoms with E-state index in [1.165, 1.54) is 87.3 Å². The molecule has 3 aromatic carbocycles. The smallest absolute Gasteiger partial charge is 0.472 e. The summed E-state index contributed by atoms with van der Waals surface area (Å²) in [6.07, 6.45) is -5.21. The van der Waals surface area contributed by atoms with Crippen molar-refractivity contribution in [2.75, 3.05) is 76.7 Å². The number of halogens is 15. The van der Waals surface area contributed by atoms with Crippen molar-refractivity contribution in [3.63, 3.8) is 0 Å². The van der Waals surface area contributed by atoms with Crippen LogP contribution in [0.4, 0.5) is 70.3 Å². The highest BCUT2D eigenvalue weighted by Crippen LogP contribution is 2.63. The molecule has 0 bridgehead atoms. The molecule has 0 spiro atoms. The molecule has 8 heterocycles. The number of hydrogen-bond donors (Lipinski definition) is 2. The van der Waals surface area contributed by atoms with Gasteiger partial charge in [0.1, 0.15) is 17.5 Å². The van der Waals surface area contributed by atoms with Crippen LogP contribution in [0.15, 0.2) is 115 Å². The number of fused-ring (bicyclic) bond motifs is 3. The molecule has 3 saturated carbocycles. The van der Waals surface area contributed by atoms with Gasteiger partial charge in [0.15, 0.2) is 5.17 Å². The lowest BCUT2D eigenvalue weighted by Gasteiger charge is -2.24. The Kier molecular flexibility index (Phi) is 19.1. The lowest BCUT2D eigenvalue weighted by atomic mass is 9.95. The van der Waals surface area contributed by atoms with Gasteiger partial charge in [0.25, 0.3) is 0 Å². The molecule has 508 valence electrons. The summed E-state index contributed by atoms with van der Waals surface area (Å²) in [7, 11) is 4.43. The van der Waals surface area contributed by atoms with Crippen LogP contribution >= 0.6 is 46.6 Å². The molecule has 35 heteroatoms. The largest absolute Gasteiger partial charge is 0.481 e. The number of amidine groups is 1. The number of likely N-dealkylation sites (tertiary alicyclic amines) is 1. The third-order valence-corrected chi connectivity index (χ3v) is 19.2. The van der Waals surface area contributed by atoms with E-state index in [9.17, 15) is 57.5 Å². The number of ether oxygens (including phenoxy) is 3. The number of hydrazine groups is 1. The summed E-state index contributed by atoms with van der Waals surface area (Å²) in [5.41, 5.74) is 4.09. The first-order valence-electron chi connectivity index (χ1n) is 28.9. The summed E-state index contributed by atoms with van der Waals surface area (Å²) in [6.45, 7) is 3.59. The Morgan fingerprint density at radius 2 is 0.948 bits per heavy atom. The summed E-state index contributed by atoms with van der Waals surface area (Å²) in [5.74, 6) is 0.751. The van der Waals surface area contributed by atoms with Crippen molar-refractivity contribution in [1.29, 1.82) is 0 Å². The van der Waals surface area contributed by atoms with Gasteiger partial charge < -0.3 is 28.9 Å². The van der Waals surface area contributed by atoms with Crippen molar-refractivity contribution in [2.24, 2.45) is 28.6 Å². The molecule has 6 fully saturated rings. The number of pyridine rings is 3. The van der Waals surface area contributed by atoms with E-state index in [0.717, 1.165) is 74.5 Å². The lowest BCUT2D eigenvalue weighted by molar-refractivity contribution is -0.173. The molecule has 0 unspecified atom stereocenters. The Morgan fingerprint density at radius 1 is 0.562 bits per heavy atom. The zero-order valence-electron chi connectivity index (χ0n) is 50.6. The van der Waals surface area contributed by atoms with Gasteiger partial charge in [-0.2, -0.15) is 39.5 Å². The molecule has 6 aliphatic rings. The predicted molar refractivity (Wildman–Crippen MR) is 331 cm³/mol. The number of nitrogens with one attached hydrogen (secondary N) is 1. The van der Waals surface area contributed by atoms with Crippen LogP contribution in [-0.2, 0) is 33.4 Å². The van der Waals surface area contributed by atoms with Gasteiger partial charge >= 0.3 is 24.4 Å². The fourth-order valence-corrected chi connectivity index (χ4v) is 14.5. The van der Waals surface area contributed by atoms with Gasteiger partial charge in [-0.05, 0) is 115 Å². The number of aliphatic imine (C=N–C) groups is 1. The molecule has 6 atom stereocenters. The number of alkyl halides is 9. The molecule has 3 aliphatic carbocycles. The van der Waals surface area contributed by atoms with Crippen LogP contribution in [-0.4, -0.2) is 133 Å². The number of nitrogens with zero attached hydrogens (tertiary/aromatic N) is 13. The second kappa shape index (κ2) is 26.6. The minimum Gasteiger partial charge on any atom is -0.481 e.